The third kappa shape index (κ3) is 1.92. The molecule has 0 atom stereocenters. The lowest BCUT2D eigenvalue weighted by molar-refractivity contribution is -0.240. The maximum atomic E-state index is 10.1. The summed E-state index contributed by atoms with van der Waals surface area (Å²) in [5.41, 5.74) is 1.09. The number of benzene rings is 1. The van der Waals surface area contributed by atoms with Crippen LogP contribution in [0.25, 0.3) is 11.1 Å². The molecule has 0 aliphatic heterocycles. The van der Waals surface area contributed by atoms with E-state index in [1.807, 2.05) is 0 Å². The van der Waals surface area contributed by atoms with Crippen LogP contribution < -0.4 is 5.65 Å². The van der Waals surface area contributed by atoms with Crippen LogP contribution in [-0.4, -0.2) is 5.45 Å². The lowest BCUT2D eigenvalue weighted by Gasteiger charge is -2.10. The standard InChI is InChI=1S/C6H4.F3HN2/c1-2-6-4-3-5(1)6;1-4-5(2)3/h1-4H;4H. The number of hydrogen-bond acceptors (Lipinski definition) is 2. The Morgan fingerprint density at radius 3 is 1.27 bits per heavy atom. The van der Waals surface area contributed by atoms with E-state index in [2.05, 4.69) is 24.3 Å². The normalized spacial score (nSPS) is 10.5. The van der Waals surface area contributed by atoms with Gasteiger partial charge in [-0.15, -0.1) is 4.48 Å². The van der Waals surface area contributed by atoms with E-state index in [1.165, 1.54) is 11.1 Å². The summed E-state index contributed by atoms with van der Waals surface area (Å²) in [6.45, 7) is 0. The quantitative estimate of drug-likeness (QED) is 0.510. The van der Waals surface area contributed by atoms with Crippen molar-refractivity contribution >= 4 is 0 Å². The van der Waals surface area contributed by atoms with Crippen LogP contribution in [0.5, 0.6) is 0 Å². The number of fused-ring (bicyclic) bond motifs is 1. The van der Waals surface area contributed by atoms with Crippen molar-refractivity contribution < 1.29 is 13.4 Å². The van der Waals surface area contributed by atoms with E-state index in [0.29, 0.717) is 0 Å². The molecule has 0 aromatic carbocycles. The van der Waals surface area contributed by atoms with Gasteiger partial charge in [0.05, 0.1) is 0 Å². The Labute approximate surface area is 61.0 Å². The van der Waals surface area contributed by atoms with Crippen molar-refractivity contribution in [1.29, 1.82) is 0 Å². The summed E-state index contributed by atoms with van der Waals surface area (Å²) >= 11 is 0. The van der Waals surface area contributed by atoms with Gasteiger partial charge < -0.3 is 0 Å². The van der Waals surface area contributed by atoms with Crippen molar-refractivity contribution in [3.05, 3.63) is 24.3 Å². The number of hydrazine groups is 1. The Hall–Kier alpha value is -1.07. The smallest absolute Gasteiger partial charge is 0.116 e. The zero-order chi connectivity index (χ0) is 8.27. The highest BCUT2D eigenvalue weighted by Gasteiger charge is 2.03. The number of nitrogens with one attached hydrogen (secondary N) is 1. The van der Waals surface area contributed by atoms with E-state index in [9.17, 15) is 13.4 Å². The molecule has 0 unspecified atom stereocenters. The monoisotopic (exact) mass is 162 g/mol. The summed E-state index contributed by atoms with van der Waals surface area (Å²) in [6, 6.07) is 8.48. The molecule has 2 aliphatic carbocycles. The largest absolute Gasteiger partial charge is 0.124 e. The zero-order valence-corrected chi connectivity index (χ0v) is 5.39. The fourth-order valence-corrected chi connectivity index (χ4v) is 0.663. The lowest BCUT2D eigenvalue weighted by Crippen LogP contribution is -2.11. The Kier molecular flexibility index (Phi) is 2.45. The van der Waals surface area contributed by atoms with Crippen LogP contribution in [0, 0.1) is 0 Å². The number of halogens is 3. The average Bonchev–Trinajstić information content (AvgIpc) is 1.98. The summed E-state index contributed by atoms with van der Waals surface area (Å²) in [4.78, 5) is 0. The molecule has 1 N–H and O–H groups in total. The first-order chi connectivity index (χ1) is 5.24. The topological polar surface area (TPSA) is 15.3 Å². The molecule has 0 fully saturated rings. The summed E-state index contributed by atoms with van der Waals surface area (Å²) in [5, 5.41) is 0. The first-order valence-corrected chi connectivity index (χ1v) is 2.82. The fourth-order valence-electron chi connectivity index (χ4n) is 0.663. The fraction of sp³-hybridized carbons (Fsp3) is 0. The minimum absolute atomic E-state index is 0.0278. The predicted octanol–water partition coefficient (Wildman–Crippen LogP) is 2.11. The van der Waals surface area contributed by atoms with Crippen LogP contribution >= 0.6 is 0 Å². The van der Waals surface area contributed by atoms with E-state index in [4.69, 9.17) is 0 Å². The van der Waals surface area contributed by atoms with Gasteiger partial charge in [0.15, 0.2) is 0 Å². The van der Waals surface area contributed by atoms with Crippen LogP contribution in [0.15, 0.2) is 24.3 Å². The second-order valence-corrected chi connectivity index (χ2v) is 1.89. The lowest BCUT2D eigenvalue weighted by atomic mass is 9.95. The maximum Gasteiger partial charge on any atom is 0.124 e. The van der Waals surface area contributed by atoms with Crippen LogP contribution in [-0.2, 0) is 0 Å². The van der Waals surface area contributed by atoms with E-state index in [0.717, 1.165) is 0 Å². The third-order valence-electron chi connectivity index (χ3n) is 1.28. The van der Waals surface area contributed by atoms with Gasteiger partial charge in [-0.2, -0.15) is 0 Å². The van der Waals surface area contributed by atoms with Crippen LogP contribution in [0.2, 0.25) is 0 Å². The summed E-state index contributed by atoms with van der Waals surface area (Å²) in [5.74, 6) is 0. The van der Waals surface area contributed by atoms with Crippen LogP contribution in [0.1, 0.15) is 0 Å². The zero-order valence-electron chi connectivity index (χ0n) is 5.39. The minimum Gasteiger partial charge on any atom is -0.116 e. The van der Waals surface area contributed by atoms with Gasteiger partial charge >= 0.3 is 0 Å². The van der Waals surface area contributed by atoms with Gasteiger partial charge in [0.1, 0.15) is 5.45 Å². The molecule has 60 valence electrons. The molecule has 0 aromatic rings. The molecule has 2 nitrogen and oxygen atoms in total. The molecule has 0 aromatic heterocycles. The van der Waals surface area contributed by atoms with Gasteiger partial charge in [-0.25, -0.2) is 0 Å². The molecule has 0 saturated carbocycles. The van der Waals surface area contributed by atoms with Crippen LogP contribution in [0.3, 0.4) is 0 Å². The highest BCUT2D eigenvalue weighted by atomic mass is 19.4. The Balaban J connectivity index is 0.000000114. The van der Waals surface area contributed by atoms with E-state index < -0.39 is 5.45 Å². The van der Waals surface area contributed by atoms with Crippen molar-refractivity contribution in [3.63, 3.8) is 0 Å². The number of rotatable bonds is 1. The van der Waals surface area contributed by atoms with Crippen molar-refractivity contribution in [1.82, 2.24) is 11.1 Å². The van der Waals surface area contributed by atoms with Crippen LogP contribution in [0.4, 0.5) is 13.4 Å². The molecule has 11 heavy (non-hydrogen) atoms. The predicted molar refractivity (Wildman–Crippen MR) is 33.7 cm³/mol. The Bertz CT molecular complexity index is 201. The number of nitrogens with zero attached hydrogens (tertiary/aromatic N) is 1. The highest BCUT2D eigenvalue weighted by Crippen LogP contribution is 2.29. The van der Waals surface area contributed by atoms with Crippen molar-refractivity contribution in [2.45, 2.75) is 0 Å². The van der Waals surface area contributed by atoms with Gasteiger partial charge in [0, 0.05) is 0 Å². The SMILES string of the molecule is FNN(F)F.c1cc2ccc1-2. The average molecular weight is 162 g/mol. The molecule has 0 bridgehead atoms. The molecule has 2 rings (SSSR count). The molecule has 0 saturated heterocycles. The second kappa shape index (κ2) is 3.36. The Morgan fingerprint density at radius 1 is 1.00 bits per heavy atom. The highest BCUT2D eigenvalue weighted by molar-refractivity contribution is 5.75. The number of hydrogen-bond donors (Lipinski definition) is 1. The molecule has 2 aliphatic rings. The first-order valence-electron chi connectivity index (χ1n) is 2.82. The van der Waals surface area contributed by atoms with E-state index in [-0.39, 0.29) is 5.65 Å². The second-order valence-electron chi connectivity index (χ2n) is 1.89. The molecule has 0 amide bonds. The maximum absolute atomic E-state index is 10.1. The van der Waals surface area contributed by atoms with Gasteiger partial charge in [-0.1, -0.05) is 33.2 Å². The van der Waals surface area contributed by atoms with Crippen molar-refractivity contribution in [3.8, 4) is 11.1 Å². The van der Waals surface area contributed by atoms with E-state index >= 15 is 0 Å². The molecule has 5 heteroatoms. The van der Waals surface area contributed by atoms with Crippen molar-refractivity contribution in [2.75, 3.05) is 0 Å². The van der Waals surface area contributed by atoms with E-state index in [1.54, 1.807) is 0 Å². The van der Waals surface area contributed by atoms with Gasteiger partial charge in [-0.05, 0) is 16.8 Å². The molecule has 0 heterocycles. The summed E-state index contributed by atoms with van der Waals surface area (Å²) < 4.78 is 30.3. The minimum atomic E-state index is -1.79. The molecular weight excluding hydrogens is 157 g/mol. The van der Waals surface area contributed by atoms with Gasteiger partial charge in [-0.3, -0.25) is 0 Å². The Morgan fingerprint density at radius 2 is 1.27 bits per heavy atom. The first kappa shape index (κ1) is 8.03. The molecule has 0 radical (unpaired) electrons. The molecule has 0 spiro atoms. The summed E-state index contributed by atoms with van der Waals surface area (Å²) in [7, 11) is 0. The molecular formula is C6H5F3N2. The van der Waals surface area contributed by atoms with Gasteiger partial charge in [0.2, 0.25) is 0 Å². The van der Waals surface area contributed by atoms with Gasteiger partial charge in [0.25, 0.3) is 0 Å². The third-order valence-corrected chi connectivity index (χ3v) is 1.28. The van der Waals surface area contributed by atoms with Crippen molar-refractivity contribution in [2.24, 2.45) is 0 Å². The summed E-state index contributed by atoms with van der Waals surface area (Å²) in [6.07, 6.45) is 0.